The number of aromatic nitrogens is 3. The Morgan fingerprint density at radius 3 is 2.45 bits per heavy atom. The lowest BCUT2D eigenvalue weighted by molar-refractivity contribution is 0.0983. The third-order valence-electron chi connectivity index (χ3n) is 6.06. The molecule has 0 spiro atoms. The van der Waals surface area contributed by atoms with E-state index in [1.165, 1.54) is 11.1 Å². The molecule has 0 fully saturated rings. The lowest BCUT2D eigenvalue weighted by Crippen LogP contribution is -2.39. The molecular weight excluding hydrogens is 430 g/mol. The Kier molecular flexibility index (Phi) is 6.91. The third-order valence-corrected chi connectivity index (χ3v) is 7.29. The molecule has 2 heterocycles. The monoisotopic (exact) mass is 461 g/mol. The number of carbonyl (C=O) groups is 1. The van der Waals surface area contributed by atoms with Gasteiger partial charge in [-0.05, 0) is 63.2 Å². The first kappa shape index (κ1) is 23.1. The SMILES string of the molecule is CCN(CC)CCN(C(=O)c1cnn(-c2ccccc2)c1C)c1nc2cc(C)cc(C)c2s1. The molecule has 4 rings (SSSR count). The standard InChI is InChI=1S/C26H31N5OS/c1-6-29(7-2)13-14-30(26-28-23-16-18(3)15-19(4)24(23)33-26)25(32)22-17-27-31(20(22)5)21-11-9-8-10-12-21/h8-12,15-17H,6-7,13-14H2,1-5H3. The predicted octanol–water partition coefficient (Wildman–Crippen LogP) is 5.40. The number of fused-ring (bicyclic) bond motifs is 1. The van der Waals surface area contributed by atoms with Crippen molar-refractivity contribution in [3.8, 4) is 5.69 Å². The summed E-state index contributed by atoms with van der Waals surface area (Å²) in [4.78, 5) is 22.9. The van der Waals surface area contributed by atoms with Gasteiger partial charge in [0.2, 0.25) is 0 Å². The minimum atomic E-state index is -0.0599. The minimum absolute atomic E-state index is 0.0599. The van der Waals surface area contributed by atoms with E-state index in [9.17, 15) is 4.79 Å². The smallest absolute Gasteiger partial charge is 0.263 e. The summed E-state index contributed by atoms with van der Waals surface area (Å²) < 4.78 is 2.95. The molecule has 4 aromatic rings. The Bertz CT molecular complexity index is 1260. The Hall–Kier alpha value is -3.03. The van der Waals surface area contributed by atoms with Gasteiger partial charge in [-0.15, -0.1) is 0 Å². The minimum Gasteiger partial charge on any atom is -0.302 e. The predicted molar refractivity (Wildman–Crippen MR) is 137 cm³/mol. The summed E-state index contributed by atoms with van der Waals surface area (Å²) in [6.07, 6.45) is 1.68. The number of carbonyl (C=O) groups excluding carboxylic acids is 1. The van der Waals surface area contributed by atoms with Crippen molar-refractivity contribution >= 4 is 32.6 Å². The van der Waals surface area contributed by atoms with Gasteiger partial charge in [0, 0.05) is 13.1 Å². The zero-order valence-corrected chi connectivity index (χ0v) is 20.8. The van der Waals surface area contributed by atoms with Crippen molar-refractivity contribution in [2.75, 3.05) is 31.1 Å². The van der Waals surface area contributed by atoms with E-state index in [0.29, 0.717) is 12.1 Å². The summed E-state index contributed by atoms with van der Waals surface area (Å²) in [6.45, 7) is 13.7. The van der Waals surface area contributed by atoms with Gasteiger partial charge in [0.05, 0.1) is 33.4 Å². The summed E-state index contributed by atoms with van der Waals surface area (Å²) in [7, 11) is 0. The van der Waals surface area contributed by atoms with Crippen molar-refractivity contribution < 1.29 is 4.79 Å². The van der Waals surface area contributed by atoms with E-state index in [1.807, 2.05) is 46.8 Å². The number of thiazole rings is 1. The molecule has 1 amide bonds. The normalized spacial score (nSPS) is 11.5. The zero-order chi connectivity index (χ0) is 23.5. The summed E-state index contributed by atoms with van der Waals surface area (Å²) >= 11 is 1.59. The van der Waals surface area contributed by atoms with Crippen molar-refractivity contribution in [2.24, 2.45) is 0 Å². The van der Waals surface area contributed by atoms with Gasteiger partial charge in [-0.1, -0.05) is 49.4 Å². The Labute approximate surface area is 199 Å². The molecule has 0 saturated carbocycles. The van der Waals surface area contributed by atoms with Crippen LogP contribution in [0.4, 0.5) is 5.13 Å². The van der Waals surface area contributed by atoms with E-state index in [2.05, 4.69) is 49.8 Å². The summed E-state index contributed by atoms with van der Waals surface area (Å²) in [6, 6.07) is 14.2. The lowest BCUT2D eigenvalue weighted by Gasteiger charge is -2.24. The van der Waals surface area contributed by atoms with Crippen LogP contribution in [0.1, 0.15) is 41.0 Å². The van der Waals surface area contributed by atoms with Crippen LogP contribution in [0, 0.1) is 20.8 Å². The number of aryl methyl sites for hydroxylation is 2. The highest BCUT2D eigenvalue weighted by Gasteiger charge is 2.25. The van der Waals surface area contributed by atoms with Gasteiger partial charge >= 0.3 is 0 Å². The first-order chi connectivity index (χ1) is 15.9. The molecule has 0 bridgehead atoms. The van der Waals surface area contributed by atoms with Crippen molar-refractivity contribution in [2.45, 2.75) is 34.6 Å². The van der Waals surface area contributed by atoms with Crippen LogP contribution in [0.3, 0.4) is 0 Å². The van der Waals surface area contributed by atoms with Crippen LogP contribution in [0.25, 0.3) is 15.9 Å². The maximum absolute atomic E-state index is 13.8. The van der Waals surface area contributed by atoms with Gasteiger partial charge < -0.3 is 4.90 Å². The summed E-state index contributed by atoms with van der Waals surface area (Å²) in [5, 5.41) is 5.26. The molecule has 6 nitrogen and oxygen atoms in total. The number of nitrogens with zero attached hydrogens (tertiary/aromatic N) is 5. The molecule has 0 aliphatic rings. The maximum atomic E-state index is 13.8. The van der Waals surface area contributed by atoms with Crippen LogP contribution < -0.4 is 4.90 Å². The van der Waals surface area contributed by atoms with Gasteiger partial charge in [-0.25, -0.2) is 9.67 Å². The fourth-order valence-corrected chi connectivity index (χ4v) is 5.18. The quantitative estimate of drug-likeness (QED) is 0.353. The molecular formula is C26H31N5OS. The topological polar surface area (TPSA) is 54.3 Å². The van der Waals surface area contributed by atoms with Gasteiger partial charge in [0.15, 0.2) is 5.13 Å². The molecule has 172 valence electrons. The highest BCUT2D eigenvalue weighted by Crippen LogP contribution is 2.33. The molecule has 0 radical (unpaired) electrons. The van der Waals surface area contributed by atoms with Crippen LogP contribution in [0.15, 0.2) is 48.7 Å². The highest BCUT2D eigenvalue weighted by atomic mass is 32.1. The van der Waals surface area contributed by atoms with Crippen molar-refractivity contribution in [3.63, 3.8) is 0 Å². The Morgan fingerprint density at radius 1 is 1.03 bits per heavy atom. The van der Waals surface area contributed by atoms with Gasteiger partial charge in [0.1, 0.15) is 0 Å². The van der Waals surface area contributed by atoms with Gasteiger partial charge in [-0.3, -0.25) is 9.69 Å². The molecule has 0 atom stereocenters. The van der Waals surface area contributed by atoms with E-state index in [0.717, 1.165) is 46.4 Å². The Balaban J connectivity index is 1.73. The number of hydrogen-bond donors (Lipinski definition) is 0. The van der Waals surface area contributed by atoms with Crippen LogP contribution in [0.2, 0.25) is 0 Å². The van der Waals surface area contributed by atoms with E-state index >= 15 is 0 Å². The number of benzene rings is 2. The molecule has 7 heteroatoms. The number of hydrogen-bond acceptors (Lipinski definition) is 5. The largest absolute Gasteiger partial charge is 0.302 e. The molecule has 0 N–H and O–H groups in total. The van der Waals surface area contributed by atoms with Crippen molar-refractivity contribution in [1.29, 1.82) is 0 Å². The second kappa shape index (κ2) is 9.85. The van der Waals surface area contributed by atoms with Crippen LogP contribution in [-0.2, 0) is 0 Å². The van der Waals surface area contributed by atoms with Crippen LogP contribution >= 0.6 is 11.3 Å². The van der Waals surface area contributed by atoms with Gasteiger partial charge in [-0.2, -0.15) is 5.10 Å². The fraction of sp³-hybridized carbons (Fsp3) is 0.346. The van der Waals surface area contributed by atoms with Crippen LogP contribution in [-0.4, -0.2) is 51.8 Å². The van der Waals surface area contributed by atoms with Crippen molar-refractivity contribution in [1.82, 2.24) is 19.7 Å². The maximum Gasteiger partial charge on any atom is 0.263 e. The lowest BCUT2D eigenvalue weighted by atomic mass is 10.1. The average molecular weight is 462 g/mol. The number of likely N-dealkylation sites (N-methyl/N-ethyl adjacent to an activating group) is 1. The molecule has 0 unspecified atom stereocenters. The molecule has 2 aromatic carbocycles. The average Bonchev–Trinajstić information content (AvgIpc) is 3.41. The first-order valence-electron chi connectivity index (χ1n) is 11.4. The highest BCUT2D eigenvalue weighted by molar-refractivity contribution is 7.22. The van der Waals surface area contributed by atoms with Gasteiger partial charge in [0.25, 0.3) is 5.91 Å². The van der Waals surface area contributed by atoms with E-state index in [-0.39, 0.29) is 5.91 Å². The summed E-state index contributed by atoms with van der Waals surface area (Å²) in [5.74, 6) is -0.0599. The zero-order valence-electron chi connectivity index (χ0n) is 20.0. The van der Waals surface area contributed by atoms with E-state index in [1.54, 1.807) is 17.5 Å². The molecule has 0 aliphatic heterocycles. The van der Waals surface area contributed by atoms with Crippen molar-refractivity contribution in [3.05, 3.63) is 71.0 Å². The van der Waals surface area contributed by atoms with E-state index in [4.69, 9.17) is 4.98 Å². The molecule has 0 aliphatic carbocycles. The number of amides is 1. The van der Waals surface area contributed by atoms with E-state index < -0.39 is 0 Å². The Morgan fingerprint density at radius 2 is 1.76 bits per heavy atom. The first-order valence-corrected chi connectivity index (χ1v) is 12.3. The number of para-hydroxylation sites is 1. The third kappa shape index (κ3) is 4.70. The number of anilines is 1. The summed E-state index contributed by atoms with van der Waals surface area (Å²) in [5.41, 5.74) is 5.69. The number of rotatable bonds is 8. The second-order valence-electron chi connectivity index (χ2n) is 8.30. The molecule has 33 heavy (non-hydrogen) atoms. The second-order valence-corrected chi connectivity index (χ2v) is 9.28. The molecule has 0 saturated heterocycles. The van der Waals surface area contributed by atoms with Crippen LogP contribution in [0.5, 0.6) is 0 Å². The molecule has 2 aromatic heterocycles. The fourth-order valence-electron chi connectivity index (χ4n) is 4.14.